The smallest absolute Gasteiger partial charge is 0.127 e. The topological polar surface area (TPSA) is 41.9 Å². The minimum absolute atomic E-state index is 0.599. The van der Waals surface area contributed by atoms with Gasteiger partial charge in [-0.05, 0) is 27.0 Å². The number of nitrogens with zero attached hydrogens (tertiary/aromatic N) is 1. The minimum Gasteiger partial charge on any atom is -0.497 e. The summed E-state index contributed by atoms with van der Waals surface area (Å²) < 4.78 is 10.5. The summed E-state index contributed by atoms with van der Waals surface area (Å²) in [4.78, 5) is 2.06. The normalized spacial score (nSPS) is 11.7. The van der Waals surface area contributed by atoms with E-state index in [1.807, 2.05) is 25.2 Å². The molecule has 0 radical (unpaired) electrons. The Labute approximate surface area is 109 Å². The van der Waals surface area contributed by atoms with Gasteiger partial charge in [-0.25, -0.2) is 0 Å². The van der Waals surface area contributed by atoms with Crippen LogP contribution in [0.4, 0.5) is 0 Å². The van der Waals surface area contributed by atoms with Crippen molar-refractivity contribution in [3.63, 3.8) is 0 Å². The fourth-order valence-electron chi connectivity index (χ4n) is 1.99. The molecule has 0 saturated carbocycles. The number of aliphatic hydroxyl groups is 1. The van der Waals surface area contributed by atoms with E-state index in [0.29, 0.717) is 6.54 Å². The standard InChI is InChI=1S/C14H23NO3/c1-14(2,16)10-15(3)9-11-6-7-12(17-4)8-13(11)18-5/h6-8,16H,9-10H2,1-5H3. The van der Waals surface area contributed by atoms with Gasteiger partial charge in [0.05, 0.1) is 19.8 Å². The van der Waals surface area contributed by atoms with Crippen LogP contribution < -0.4 is 9.47 Å². The second kappa shape index (κ2) is 6.07. The Kier molecular flexibility index (Phi) is 4.99. The molecule has 0 atom stereocenters. The number of methoxy groups -OCH3 is 2. The van der Waals surface area contributed by atoms with E-state index in [1.54, 1.807) is 28.1 Å². The van der Waals surface area contributed by atoms with Crippen LogP contribution in [0.2, 0.25) is 0 Å². The molecule has 0 aliphatic carbocycles. The van der Waals surface area contributed by atoms with Gasteiger partial charge in [-0.1, -0.05) is 6.07 Å². The largest absolute Gasteiger partial charge is 0.497 e. The van der Waals surface area contributed by atoms with E-state index < -0.39 is 5.60 Å². The second-order valence-corrected chi connectivity index (χ2v) is 5.16. The molecule has 0 fully saturated rings. The van der Waals surface area contributed by atoms with Crippen LogP contribution in [0.5, 0.6) is 11.5 Å². The van der Waals surface area contributed by atoms with Gasteiger partial charge in [0, 0.05) is 24.7 Å². The first-order valence-corrected chi connectivity index (χ1v) is 5.97. The molecule has 1 aromatic rings. The first kappa shape index (κ1) is 14.8. The summed E-state index contributed by atoms with van der Waals surface area (Å²) in [5.41, 5.74) is 0.374. The lowest BCUT2D eigenvalue weighted by molar-refractivity contribution is 0.0423. The predicted octanol–water partition coefficient (Wildman–Crippen LogP) is 1.91. The molecule has 0 aromatic heterocycles. The van der Waals surface area contributed by atoms with Crippen molar-refractivity contribution in [1.29, 1.82) is 0 Å². The number of ether oxygens (including phenoxy) is 2. The number of hydrogen-bond donors (Lipinski definition) is 1. The third-order valence-corrected chi connectivity index (χ3v) is 2.59. The average molecular weight is 253 g/mol. The average Bonchev–Trinajstić information content (AvgIpc) is 2.27. The molecular formula is C14H23NO3. The van der Waals surface area contributed by atoms with Crippen LogP contribution in [0.1, 0.15) is 19.4 Å². The molecule has 1 aromatic carbocycles. The van der Waals surface area contributed by atoms with Gasteiger partial charge >= 0.3 is 0 Å². The summed E-state index contributed by atoms with van der Waals surface area (Å²) in [5.74, 6) is 1.58. The summed E-state index contributed by atoms with van der Waals surface area (Å²) in [5, 5.41) is 9.78. The SMILES string of the molecule is COc1ccc(CN(C)CC(C)(C)O)c(OC)c1. The molecule has 102 valence electrons. The summed E-state index contributed by atoms with van der Waals surface area (Å²) in [6, 6.07) is 5.77. The van der Waals surface area contributed by atoms with E-state index >= 15 is 0 Å². The van der Waals surface area contributed by atoms with Crippen LogP contribution in [0.15, 0.2) is 18.2 Å². The molecule has 0 spiro atoms. The quantitative estimate of drug-likeness (QED) is 0.841. The van der Waals surface area contributed by atoms with Gasteiger partial charge in [-0.2, -0.15) is 0 Å². The maximum atomic E-state index is 9.78. The summed E-state index contributed by atoms with van der Waals surface area (Å²) in [6.45, 7) is 4.92. The Morgan fingerprint density at radius 2 is 1.89 bits per heavy atom. The van der Waals surface area contributed by atoms with Gasteiger partial charge in [0.2, 0.25) is 0 Å². The summed E-state index contributed by atoms with van der Waals surface area (Å²) in [6.07, 6.45) is 0. The van der Waals surface area contributed by atoms with Gasteiger partial charge in [0.1, 0.15) is 11.5 Å². The van der Waals surface area contributed by atoms with Crippen LogP contribution in [-0.4, -0.2) is 43.4 Å². The number of likely N-dealkylation sites (N-methyl/N-ethyl adjacent to an activating group) is 1. The fourth-order valence-corrected chi connectivity index (χ4v) is 1.99. The van der Waals surface area contributed by atoms with Crippen molar-refractivity contribution in [2.24, 2.45) is 0 Å². The van der Waals surface area contributed by atoms with Crippen molar-refractivity contribution in [3.05, 3.63) is 23.8 Å². The molecule has 0 saturated heterocycles. The van der Waals surface area contributed by atoms with Crippen molar-refractivity contribution in [1.82, 2.24) is 4.90 Å². The Balaban J connectivity index is 2.77. The highest BCUT2D eigenvalue weighted by molar-refractivity contribution is 5.40. The van der Waals surface area contributed by atoms with Crippen LogP contribution in [0.3, 0.4) is 0 Å². The van der Waals surface area contributed by atoms with E-state index in [9.17, 15) is 5.11 Å². The summed E-state index contributed by atoms with van der Waals surface area (Å²) >= 11 is 0. The van der Waals surface area contributed by atoms with E-state index in [0.717, 1.165) is 23.6 Å². The van der Waals surface area contributed by atoms with Crippen molar-refractivity contribution < 1.29 is 14.6 Å². The maximum absolute atomic E-state index is 9.78. The first-order valence-electron chi connectivity index (χ1n) is 5.97. The Morgan fingerprint density at radius 3 is 2.39 bits per heavy atom. The van der Waals surface area contributed by atoms with Crippen molar-refractivity contribution in [2.45, 2.75) is 26.0 Å². The highest BCUT2D eigenvalue weighted by Gasteiger charge is 2.16. The monoisotopic (exact) mass is 253 g/mol. The van der Waals surface area contributed by atoms with Gasteiger partial charge in [-0.15, -0.1) is 0 Å². The highest BCUT2D eigenvalue weighted by Crippen LogP contribution is 2.25. The molecule has 1 N–H and O–H groups in total. The van der Waals surface area contributed by atoms with Crippen LogP contribution >= 0.6 is 0 Å². The predicted molar refractivity (Wildman–Crippen MR) is 72.2 cm³/mol. The molecule has 4 nitrogen and oxygen atoms in total. The molecule has 1 rings (SSSR count). The lowest BCUT2D eigenvalue weighted by Crippen LogP contribution is -2.35. The molecule has 4 heteroatoms. The zero-order valence-electron chi connectivity index (χ0n) is 11.9. The van der Waals surface area contributed by atoms with Gasteiger partial charge in [-0.3, -0.25) is 4.90 Å². The maximum Gasteiger partial charge on any atom is 0.127 e. The Bertz CT molecular complexity index is 385. The number of rotatable bonds is 6. The second-order valence-electron chi connectivity index (χ2n) is 5.16. The van der Waals surface area contributed by atoms with Crippen molar-refractivity contribution >= 4 is 0 Å². The molecule has 0 aliphatic rings. The number of benzene rings is 1. The molecule has 0 unspecified atom stereocenters. The summed E-state index contributed by atoms with van der Waals surface area (Å²) in [7, 11) is 5.25. The van der Waals surface area contributed by atoms with Crippen LogP contribution in [-0.2, 0) is 6.54 Å². The van der Waals surface area contributed by atoms with Crippen molar-refractivity contribution in [3.8, 4) is 11.5 Å². The molecule has 18 heavy (non-hydrogen) atoms. The number of hydrogen-bond acceptors (Lipinski definition) is 4. The van der Waals surface area contributed by atoms with Gasteiger partial charge in [0.25, 0.3) is 0 Å². The lowest BCUT2D eigenvalue weighted by Gasteiger charge is -2.26. The molecule has 0 aliphatic heterocycles. The van der Waals surface area contributed by atoms with E-state index in [1.165, 1.54) is 0 Å². The minimum atomic E-state index is -0.700. The van der Waals surface area contributed by atoms with Gasteiger partial charge < -0.3 is 14.6 Å². The van der Waals surface area contributed by atoms with Crippen LogP contribution in [0, 0.1) is 0 Å². The zero-order chi connectivity index (χ0) is 13.8. The first-order chi connectivity index (χ1) is 8.35. The molecular weight excluding hydrogens is 230 g/mol. The zero-order valence-corrected chi connectivity index (χ0v) is 11.9. The lowest BCUT2D eigenvalue weighted by atomic mass is 10.1. The van der Waals surface area contributed by atoms with E-state index in [4.69, 9.17) is 9.47 Å². The third kappa shape index (κ3) is 4.55. The third-order valence-electron chi connectivity index (χ3n) is 2.59. The fraction of sp³-hybridized carbons (Fsp3) is 0.571. The van der Waals surface area contributed by atoms with Crippen LogP contribution in [0.25, 0.3) is 0 Å². The van der Waals surface area contributed by atoms with E-state index in [-0.39, 0.29) is 0 Å². The molecule has 0 heterocycles. The Morgan fingerprint density at radius 1 is 1.22 bits per heavy atom. The van der Waals surface area contributed by atoms with Gasteiger partial charge in [0.15, 0.2) is 0 Å². The van der Waals surface area contributed by atoms with E-state index in [2.05, 4.69) is 4.90 Å². The Hall–Kier alpha value is -1.26. The highest BCUT2D eigenvalue weighted by atomic mass is 16.5. The molecule has 0 bridgehead atoms. The van der Waals surface area contributed by atoms with Crippen molar-refractivity contribution in [2.75, 3.05) is 27.8 Å². The molecule has 0 amide bonds.